The van der Waals surface area contributed by atoms with Gasteiger partial charge in [0.05, 0.1) is 0 Å². The van der Waals surface area contributed by atoms with Gasteiger partial charge in [-0.1, -0.05) is 72.6 Å². The highest BCUT2D eigenvalue weighted by molar-refractivity contribution is 5.50. The fourth-order valence-corrected chi connectivity index (χ4v) is 5.12. The van der Waals surface area contributed by atoms with Gasteiger partial charge in [0.25, 0.3) is 0 Å². The SMILES string of the molecule is Cc1[c]c(C)c2c(c1C)OC(C)(CCCC(C)CCCC(C)CCCC(C)C)CC2. The first kappa shape index (κ1) is 25.3. The molecule has 0 N–H and O–H groups in total. The van der Waals surface area contributed by atoms with Crippen LogP contribution >= 0.6 is 0 Å². The van der Waals surface area contributed by atoms with Crippen molar-refractivity contribution in [2.45, 2.75) is 132 Å². The van der Waals surface area contributed by atoms with Gasteiger partial charge in [0.15, 0.2) is 0 Å². The molecular weight excluding hydrogens is 364 g/mol. The van der Waals surface area contributed by atoms with E-state index >= 15 is 0 Å². The quantitative estimate of drug-likeness (QED) is 0.332. The number of benzene rings is 1. The van der Waals surface area contributed by atoms with Crippen LogP contribution in [-0.4, -0.2) is 5.60 Å². The van der Waals surface area contributed by atoms with Crippen LogP contribution in [0.5, 0.6) is 5.75 Å². The van der Waals surface area contributed by atoms with Crippen molar-refractivity contribution in [3.63, 3.8) is 0 Å². The third-order valence-electron chi connectivity index (χ3n) is 7.53. The summed E-state index contributed by atoms with van der Waals surface area (Å²) in [4.78, 5) is 0. The molecule has 1 nitrogen and oxygen atoms in total. The first-order chi connectivity index (χ1) is 14.1. The van der Waals surface area contributed by atoms with Crippen LogP contribution in [0.3, 0.4) is 0 Å². The molecule has 1 aromatic carbocycles. The molecule has 0 amide bonds. The predicted octanol–water partition coefficient (Wildman–Crippen LogP) is 8.93. The molecule has 0 spiro atoms. The summed E-state index contributed by atoms with van der Waals surface area (Å²) < 4.78 is 6.64. The van der Waals surface area contributed by atoms with E-state index in [1.54, 1.807) is 0 Å². The predicted molar refractivity (Wildman–Crippen MR) is 132 cm³/mol. The molecule has 0 fully saturated rings. The van der Waals surface area contributed by atoms with E-state index in [0.717, 1.165) is 36.3 Å². The molecule has 0 saturated carbocycles. The van der Waals surface area contributed by atoms with Crippen molar-refractivity contribution in [3.05, 3.63) is 28.3 Å². The standard InChI is InChI=1S/C29H49O/c1-21(2)12-9-13-22(3)14-10-15-23(4)16-11-18-29(8)19-17-27-25(6)20-24(5)26(7)28(27)30-29/h21-23H,9-19H2,1-8H3. The lowest BCUT2D eigenvalue weighted by Gasteiger charge is -2.38. The minimum atomic E-state index is 0.00262. The molecule has 1 radical (unpaired) electrons. The average molecular weight is 414 g/mol. The van der Waals surface area contributed by atoms with Gasteiger partial charge in [-0.3, -0.25) is 0 Å². The molecule has 0 bridgehead atoms. The highest BCUT2D eigenvalue weighted by Crippen LogP contribution is 2.40. The number of rotatable bonds is 12. The van der Waals surface area contributed by atoms with E-state index in [9.17, 15) is 0 Å². The van der Waals surface area contributed by atoms with Crippen LogP contribution in [-0.2, 0) is 6.42 Å². The zero-order valence-electron chi connectivity index (χ0n) is 21.4. The lowest BCUT2D eigenvalue weighted by molar-refractivity contribution is 0.0513. The molecule has 2 rings (SSSR count). The van der Waals surface area contributed by atoms with Crippen molar-refractivity contribution in [1.29, 1.82) is 0 Å². The molecule has 1 aromatic rings. The highest BCUT2D eigenvalue weighted by atomic mass is 16.5. The third kappa shape index (κ3) is 7.61. The van der Waals surface area contributed by atoms with Gasteiger partial charge in [0.1, 0.15) is 11.4 Å². The summed E-state index contributed by atoms with van der Waals surface area (Å²) in [5, 5.41) is 0. The van der Waals surface area contributed by atoms with E-state index in [2.05, 4.69) is 61.5 Å². The van der Waals surface area contributed by atoms with Crippen molar-refractivity contribution in [2.24, 2.45) is 17.8 Å². The summed E-state index contributed by atoms with van der Waals surface area (Å²) in [6.45, 7) is 18.5. The van der Waals surface area contributed by atoms with Gasteiger partial charge in [0.2, 0.25) is 0 Å². The van der Waals surface area contributed by atoms with E-state index in [4.69, 9.17) is 4.74 Å². The lowest BCUT2D eigenvalue weighted by Crippen LogP contribution is -2.37. The van der Waals surface area contributed by atoms with Gasteiger partial charge < -0.3 is 4.74 Å². The number of ether oxygens (including phenoxy) is 1. The molecule has 1 aliphatic rings. The zero-order valence-corrected chi connectivity index (χ0v) is 21.4. The Morgan fingerprint density at radius 2 is 1.40 bits per heavy atom. The lowest BCUT2D eigenvalue weighted by atomic mass is 9.84. The van der Waals surface area contributed by atoms with Crippen molar-refractivity contribution in [1.82, 2.24) is 0 Å². The fraction of sp³-hybridized carbons (Fsp3) is 0.793. The van der Waals surface area contributed by atoms with Crippen molar-refractivity contribution < 1.29 is 4.74 Å². The van der Waals surface area contributed by atoms with Crippen molar-refractivity contribution >= 4 is 0 Å². The van der Waals surface area contributed by atoms with Crippen LogP contribution in [0, 0.1) is 44.6 Å². The van der Waals surface area contributed by atoms with Crippen LogP contribution in [0.4, 0.5) is 0 Å². The Labute approximate surface area is 188 Å². The maximum absolute atomic E-state index is 6.64. The topological polar surface area (TPSA) is 9.23 Å². The Morgan fingerprint density at radius 3 is 2.00 bits per heavy atom. The molecule has 3 unspecified atom stereocenters. The summed E-state index contributed by atoms with van der Waals surface area (Å²) >= 11 is 0. The van der Waals surface area contributed by atoms with E-state index in [1.807, 2.05) is 0 Å². The highest BCUT2D eigenvalue weighted by Gasteiger charge is 2.33. The minimum absolute atomic E-state index is 0.00262. The smallest absolute Gasteiger partial charge is 0.126 e. The van der Waals surface area contributed by atoms with Gasteiger partial charge in [-0.25, -0.2) is 0 Å². The molecular formula is C29H49O. The van der Waals surface area contributed by atoms with Crippen LogP contribution in [0.25, 0.3) is 0 Å². The van der Waals surface area contributed by atoms with Gasteiger partial charge in [0, 0.05) is 0 Å². The maximum atomic E-state index is 6.64. The molecule has 0 aromatic heterocycles. The van der Waals surface area contributed by atoms with Crippen LogP contribution in [0.1, 0.15) is 121 Å². The van der Waals surface area contributed by atoms with Gasteiger partial charge >= 0.3 is 0 Å². The molecule has 3 atom stereocenters. The fourth-order valence-electron chi connectivity index (χ4n) is 5.12. The molecule has 1 heterocycles. The summed E-state index contributed by atoms with van der Waals surface area (Å²) in [7, 11) is 0. The largest absolute Gasteiger partial charge is 0.487 e. The monoisotopic (exact) mass is 413 g/mol. The Bertz CT molecular complexity index is 659. The molecule has 1 heteroatoms. The van der Waals surface area contributed by atoms with Gasteiger partial charge in [-0.15, -0.1) is 0 Å². The van der Waals surface area contributed by atoms with E-state index in [-0.39, 0.29) is 5.60 Å². The van der Waals surface area contributed by atoms with E-state index < -0.39 is 0 Å². The van der Waals surface area contributed by atoms with Crippen LogP contribution < -0.4 is 4.74 Å². The molecule has 1 aliphatic heterocycles. The average Bonchev–Trinajstić information content (AvgIpc) is 2.65. The van der Waals surface area contributed by atoms with E-state index in [1.165, 1.54) is 80.0 Å². The second kappa shape index (κ2) is 11.6. The van der Waals surface area contributed by atoms with Crippen molar-refractivity contribution in [3.8, 4) is 5.75 Å². The van der Waals surface area contributed by atoms with E-state index in [0.29, 0.717) is 0 Å². The number of hydrogen-bond donors (Lipinski definition) is 0. The first-order valence-electron chi connectivity index (χ1n) is 12.8. The van der Waals surface area contributed by atoms with Crippen LogP contribution in [0.2, 0.25) is 0 Å². The minimum Gasteiger partial charge on any atom is -0.487 e. The second-order valence-electron chi connectivity index (χ2n) is 11.2. The Balaban J connectivity index is 1.70. The molecule has 0 saturated heterocycles. The Kier molecular flexibility index (Phi) is 9.76. The number of hydrogen-bond acceptors (Lipinski definition) is 1. The molecule has 0 aliphatic carbocycles. The Morgan fingerprint density at radius 1 is 0.833 bits per heavy atom. The number of fused-ring (bicyclic) bond motifs is 1. The van der Waals surface area contributed by atoms with Gasteiger partial charge in [-0.2, -0.15) is 0 Å². The summed E-state index contributed by atoms with van der Waals surface area (Å²) in [5.74, 6) is 3.76. The normalized spacial score (nSPS) is 20.7. The summed E-state index contributed by atoms with van der Waals surface area (Å²) in [5.41, 5.74) is 5.21. The summed E-state index contributed by atoms with van der Waals surface area (Å²) in [6.07, 6.45) is 14.5. The Hall–Kier alpha value is -0.980. The molecule has 30 heavy (non-hydrogen) atoms. The first-order valence-corrected chi connectivity index (χ1v) is 12.8. The second-order valence-corrected chi connectivity index (χ2v) is 11.2. The maximum Gasteiger partial charge on any atom is 0.126 e. The molecule has 171 valence electrons. The number of aryl methyl sites for hydroxylation is 2. The van der Waals surface area contributed by atoms with Gasteiger partial charge in [-0.05, 0) is 99.5 Å². The zero-order chi connectivity index (χ0) is 22.3. The van der Waals surface area contributed by atoms with Crippen molar-refractivity contribution in [2.75, 3.05) is 0 Å². The van der Waals surface area contributed by atoms with Crippen LogP contribution in [0.15, 0.2) is 0 Å². The summed E-state index contributed by atoms with van der Waals surface area (Å²) in [6, 6.07) is 3.52. The third-order valence-corrected chi connectivity index (χ3v) is 7.53.